The van der Waals surface area contributed by atoms with Crippen LogP contribution in [0.15, 0.2) is 12.2 Å². The number of hydrogen-bond acceptors (Lipinski definition) is 2. The molecule has 0 aromatic carbocycles. The van der Waals surface area contributed by atoms with E-state index in [1.54, 1.807) is 0 Å². The van der Waals surface area contributed by atoms with Gasteiger partial charge in [0, 0.05) is 5.97 Å². The Labute approximate surface area is 154 Å². The molecule has 0 bridgehead atoms. The van der Waals surface area contributed by atoms with Crippen LogP contribution in [0.3, 0.4) is 0 Å². The molecule has 0 fully saturated rings. The molecule has 0 N–H and O–H groups in total. The van der Waals surface area contributed by atoms with Crippen molar-refractivity contribution in [1.29, 1.82) is 0 Å². The van der Waals surface area contributed by atoms with E-state index in [2.05, 4.69) is 19.1 Å². The van der Waals surface area contributed by atoms with Crippen LogP contribution in [-0.4, -0.2) is 5.97 Å². The molecule has 0 atom stereocenters. The van der Waals surface area contributed by atoms with Crippen molar-refractivity contribution in [3.63, 3.8) is 0 Å². The summed E-state index contributed by atoms with van der Waals surface area (Å²) in [5.41, 5.74) is 0. The maximum atomic E-state index is 10.2. The third-order valence-electron chi connectivity index (χ3n) is 3.64. The van der Waals surface area contributed by atoms with Gasteiger partial charge in [-0.3, -0.25) is 0 Å². The molecule has 3 heteroatoms. The van der Waals surface area contributed by atoms with Crippen LogP contribution >= 0.6 is 0 Å². The van der Waals surface area contributed by atoms with E-state index in [9.17, 15) is 9.90 Å². The molecule has 0 aliphatic carbocycles. The van der Waals surface area contributed by atoms with E-state index >= 15 is 0 Å². The van der Waals surface area contributed by atoms with E-state index in [0.717, 1.165) is 19.3 Å². The molecular formula is C18H33NaO2. The minimum atomic E-state index is -0.914. The number of carbonyl (C=O) groups excluding carboxylic acids is 1. The summed E-state index contributed by atoms with van der Waals surface area (Å²) in [4.78, 5) is 10.2. The summed E-state index contributed by atoms with van der Waals surface area (Å²) >= 11 is 0. The van der Waals surface area contributed by atoms with Crippen LogP contribution < -0.4 is 34.7 Å². The van der Waals surface area contributed by atoms with E-state index in [1.807, 2.05) is 0 Å². The van der Waals surface area contributed by atoms with Gasteiger partial charge >= 0.3 is 29.6 Å². The zero-order valence-corrected chi connectivity index (χ0v) is 16.4. The number of unbranched alkanes of at least 4 members (excludes halogenated alkanes) is 11. The Kier molecular flexibility index (Phi) is 22.6. The fourth-order valence-corrected chi connectivity index (χ4v) is 2.34. The largest absolute Gasteiger partial charge is 1.00 e. The summed E-state index contributed by atoms with van der Waals surface area (Å²) < 4.78 is 0. The first-order valence-electron chi connectivity index (χ1n) is 8.62. The van der Waals surface area contributed by atoms with Crippen LogP contribution in [0.5, 0.6) is 0 Å². The third-order valence-corrected chi connectivity index (χ3v) is 3.64. The zero-order chi connectivity index (χ0) is 14.9. The molecule has 0 aliphatic rings. The maximum Gasteiger partial charge on any atom is 1.00 e. The monoisotopic (exact) mass is 313 g/mol. The standard InChI is InChI=1S/C18H34O2.Na/c1-2-3-4-5-6-7-8-9-10-11-12-13-14-15-16-17-18(19)20;/h9-10H,2-8,11-17H2,1H3,(H,19,20);/q;+1/p-1/b10-9-;/i1+1,3+1,5+1,7+1,9+1,11+1,13+1,15+1,17+1;. The van der Waals surface area contributed by atoms with E-state index in [1.165, 1.54) is 64.2 Å². The normalized spacial score (nSPS) is 10.7. The molecule has 0 saturated carbocycles. The van der Waals surface area contributed by atoms with Crippen LogP contribution in [0.25, 0.3) is 0 Å². The van der Waals surface area contributed by atoms with Gasteiger partial charge in [-0.15, -0.1) is 0 Å². The van der Waals surface area contributed by atoms with E-state index < -0.39 is 5.97 Å². The second-order valence-corrected chi connectivity index (χ2v) is 5.71. The van der Waals surface area contributed by atoms with E-state index in [4.69, 9.17) is 0 Å². The minimum absolute atomic E-state index is 0. The third kappa shape index (κ3) is 22.6. The predicted molar refractivity (Wildman–Crippen MR) is 84.5 cm³/mol. The molecule has 0 aromatic rings. The topological polar surface area (TPSA) is 40.1 Å². The van der Waals surface area contributed by atoms with Gasteiger partial charge in [-0.1, -0.05) is 70.4 Å². The summed E-state index contributed by atoms with van der Waals surface area (Å²) in [6, 6.07) is 0. The van der Waals surface area contributed by atoms with Gasteiger partial charge < -0.3 is 9.90 Å². The number of rotatable bonds is 15. The van der Waals surface area contributed by atoms with Gasteiger partial charge in [0.15, 0.2) is 0 Å². The molecule has 0 aromatic heterocycles. The van der Waals surface area contributed by atoms with Crippen LogP contribution in [0.1, 0.15) is 96.8 Å². The molecule has 0 unspecified atom stereocenters. The Morgan fingerprint density at radius 3 is 1.67 bits per heavy atom. The second kappa shape index (κ2) is 20.2. The quantitative estimate of drug-likeness (QED) is 0.200. The van der Waals surface area contributed by atoms with Crippen LogP contribution in [0.2, 0.25) is 0 Å². The number of carboxylic acid groups (broad SMARTS) is 1. The van der Waals surface area contributed by atoms with Gasteiger partial charge in [0.25, 0.3) is 0 Å². The van der Waals surface area contributed by atoms with Crippen molar-refractivity contribution in [2.45, 2.75) is 96.8 Å². The first-order chi connectivity index (χ1) is 9.77. The van der Waals surface area contributed by atoms with Crippen molar-refractivity contribution in [3.8, 4) is 0 Å². The molecule has 0 spiro atoms. The van der Waals surface area contributed by atoms with Gasteiger partial charge in [0.05, 0.1) is 0 Å². The van der Waals surface area contributed by atoms with Crippen molar-refractivity contribution in [2.75, 3.05) is 0 Å². The molecule has 2 nitrogen and oxygen atoms in total. The predicted octanol–water partition coefficient (Wildman–Crippen LogP) is 1.78. The molecule has 118 valence electrons. The molecule has 0 radical (unpaired) electrons. The summed E-state index contributed by atoms with van der Waals surface area (Å²) in [7, 11) is 0. The fourth-order valence-electron chi connectivity index (χ4n) is 2.34. The Morgan fingerprint density at radius 1 is 0.762 bits per heavy atom. The summed E-state index contributed by atoms with van der Waals surface area (Å²) in [6.45, 7) is 2.26. The van der Waals surface area contributed by atoms with Crippen molar-refractivity contribution in [1.82, 2.24) is 0 Å². The average molecular weight is 313 g/mol. The smallest absolute Gasteiger partial charge is 0.550 e. The SMILES string of the molecule is [13CH3]C[13CH2]C[13CH2]C[13CH2]C/[13CH]=C\[13CH2]C[13CH2]C[13CH2]C[13CH2]C(=O)[O-].[Na+]. The Balaban J connectivity index is 0. The molecule has 0 amide bonds. The van der Waals surface area contributed by atoms with Crippen molar-refractivity contribution < 1.29 is 39.5 Å². The number of carbonyl (C=O) groups is 1. The Bertz CT molecular complexity index is 239. The van der Waals surface area contributed by atoms with Gasteiger partial charge in [-0.2, -0.15) is 0 Å². The molecular weight excluding hydrogens is 280 g/mol. The summed E-state index contributed by atoms with van der Waals surface area (Å²) in [5, 5.41) is 10.2. The van der Waals surface area contributed by atoms with Crippen molar-refractivity contribution in [3.05, 3.63) is 12.2 Å². The average Bonchev–Trinajstić information content (AvgIpc) is 2.43. The van der Waals surface area contributed by atoms with Gasteiger partial charge in [0.1, 0.15) is 0 Å². The molecule has 0 heterocycles. The summed E-state index contributed by atoms with van der Waals surface area (Å²) in [5.74, 6) is -0.914. The minimum Gasteiger partial charge on any atom is -0.550 e. The Morgan fingerprint density at radius 2 is 1.19 bits per heavy atom. The van der Waals surface area contributed by atoms with Gasteiger partial charge in [-0.25, -0.2) is 0 Å². The van der Waals surface area contributed by atoms with Gasteiger partial charge in [0.2, 0.25) is 0 Å². The first-order valence-corrected chi connectivity index (χ1v) is 8.62. The van der Waals surface area contributed by atoms with Crippen molar-refractivity contribution >= 4 is 5.97 Å². The van der Waals surface area contributed by atoms with Crippen molar-refractivity contribution in [2.24, 2.45) is 0 Å². The molecule has 0 saturated heterocycles. The Hall–Kier alpha value is 0.210. The van der Waals surface area contributed by atoms with Gasteiger partial charge in [-0.05, 0) is 38.5 Å². The number of aliphatic carboxylic acids is 1. The zero-order valence-electron chi connectivity index (χ0n) is 14.4. The summed E-state index contributed by atoms with van der Waals surface area (Å²) in [6.07, 6.45) is 20.9. The number of allylic oxidation sites excluding steroid dienone is 2. The molecule has 21 heavy (non-hydrogen) atoms. The second-order valence-electron chi connectivity index (χ2n) is 5.71. The maximum absolute atomic E-state index is 10.2. The molecule has 0 rings (SSSR count). The van der Waals surface area contributed by atoms with Crippen LogP contribution in [0.4, 0.5) is 0 Å². The van der Waals surface area contributed by atoms with Crippen LogP contribution in [-0.2, 0) is 4.79 Å². The molecule has 0 aliphatic heterocycles. The van der Waals surface area contributed by atoms with E-state index in [-0.39, 0.29) is 36.0 Å². The van der Waals surface area contributed by atoms with E-state index in [0.29, 0.717) is 0 Å². The number of carboxylic acids is 1. The number of hydrogen-bond donors (Lipinski definition) is 0. The van der Waals surface area contributed by atoms with Crippen LogP contribution in [0, 0.1) is 0 Å². The fraction of sp³-hybridized carbons (Fsp3) is 0.833. The first kappa shape index (κ1) is 23.5.